The minimum Gasteiger partial charge on any atom is -0.355 e. The predicted octanol–water partition coefficient (Wildman–Crippen LogP) is 2.04. The first kappa shape index (κ1) is 10.9. The third-order valence-electron chi connectivity index (χ3n) is 2.02. The number of hydrogen-bond acceptors (Lipinski definition) is 2. The van der Waals surface area contributed by atoms with Crippen LogP contribution in [0.4, 0.5) is 0 Å². The van der Waals surface area contributed by atoms with Gasteiger partial charge in [-0.15, -0.1) is 11.8 Å². The Bertz CT molecular complexity index is 180. The number of carbonyl (C=O) groups is 1. The van der Waals surface area contributed by atoms with Gasteiger partial charge >= 0.3 is 0 Å². The van der Waals surface area contributed by atoms with E-state index >= 15 is 0 Å². The van der Waals surface area contributed by atoms with Crippen molar-refractivity contribution < 1.29 is 4.79 Å². The van der Waals surface area contributed by atoms with Crippen molar-refractivity contribution in [3.8, 4) is 0 Å². The van der Waals surface area contributed by atoms with Crippen LogP contribution in [0.5, 0.6) is 0 Å². The molecule has 1 N–H and O–H groups in total. The van der Waals surface area contributed by atoms with Gasteiger partial charge in [-0.05, 0) is 24.0 Å². The zero-order valence-electron chi connectivity index (χ0n) is 8.72. The molecule has 0 aromatic heterocycles. The Morgan fingerprint density at radius 1 is 1.54 bits per heavy atom. The van der Waals surface area contributed by atoms with Crippen LogP contribution in [-0.4, -0.2) is 23.5 Å². The van der Waals surface area contributed by atoms with E-state index in [1.165, 1.54) is 6.42 Å². The van der Waals surface area contributed by atoms with Gasteiger partial charge in [-0.2, -0.15) is 0 Å². The Morgan fingerprint density at radius 2 is 2.23 bits per heavy atom. The first-order valence-corrected chi connectivity index (χ1v) is 5.93. The molecule has 3 heteroatoms. The number of nitrogens with one attached hydrogen (secondary N) is 1. The highest BCUT2D eigenvalue weighted by molar-refractivity contribution is 8.00. The second-order valence-corrected chi connectivity index (χ2v) is 6.09. The van der Waals surface area contributed by atoms with E-state index in [9.17, 15) is 4.79 Å². The average molecular weight is 201 g/mol. The number of hydrogen-bond donors (Lipinski definition) is 1. The van der Waals surface area contributed by atoms with Gasteiger partial charge in [0.1, 0.15) is 0 Å². The predicted molar refractivity (Wildman–Crippen MR) is 57.9 cm³/mol. The lowest BCUT2D eigenvalue weighted by Gasteiger charge is -2.20. The molecule has 1 aliphatic rings. The fourth-order valence-corrected chi connectivity index (χ4v) is 2.44. The Hall–Kier alpha value is -0.180. The Morgan fingerprint density at radius 3 is 2.69 bits per heavy atom. The Balaban J connectivity index is 2.25. The molecule has 2 nitrogen and oxygen atoms in total. The molecule has 0 aromatic rings. The summed E-state index contributed by atoms with van der Waals surface area (Å²) in [6, 6.07) is 0. The van der Waals surface area contributed by atoms with Gasteiger partial charge in [0.2, 0.25) is 5.91 Å². The van der Waals surface area contributed by atoms with Crippen LogP contribution in [0.3, 0.4) is 0 Å². The van der Waals surface area contributed by atoms with Crippen molar-refractivity contribution in [3.05, 3.63) is 0 Å². The molecular weight excluding hydrogens is 182 g/mol. The summed E-state index contributed by atoms with van der Waals surface area (Å²) >= 11 is 1.79. The zero-order chi connectivity index (χ0) is 9.90. The third kappa shape index (κ3) is 4.03. The highest BCUT2D eigenvalue weighted by Gasteiger charge is 2.24. The van der Waals surface area contributed by atoms with Crippen LogP contribution < -0.4 is 5.32 Å². The maximum Gasteiger partial charge on any atom is 0.233 e. The summed E-state index contributed by atoms with van der Waals surface area (Å²) in [6.45, 7) is 7.18. The number of rotatable bonds is 2. The van der Waals surface area contributed by atoms with Crippen molar-refractivity contribution in [1.29, 1.82) is 0 Å². The average Bonchev–Trinajstić information content (AvgIpc) is 2.50. The molecular formula is C10H19NOS. The van der Waals surface area contributed by atoms with Crippen LogP contribution in [0.15, 0.2) is 0 Å². The summed E-state index contributed by atoms with van der Waals surface area (Å²) in [5.74, 6) is 1.38. The molecule has 0 spiro atoms. The Kier molecular flexibility index (Phi) is 3.65. The maximum atomic E-state index is 11.6. The smallest absolute Gasteiger partial charge is 0.233 e. The van der Waals surface area contributed by atoms with Crippen molar-refractivity contribution in [2.45, 2.75) is 38.9 Å². The number of thioether (sulfide) groups is 1. The maximum absolute atomic E-state index is 11.6. The minimum absolute atomic E-state index is 0.193. The Labute approximate surface area is 84.9 Å². The van der Waals surface area contributed by atoms with Crippen LogP contribution in [-0.2, 0) is 4.79 Å². The lowest BCUT2D eigenvalue weighted by Crippen LogP contribution is -2.37. The van der Waals surface area contributed by atoms with Gasteiger partial charge in [0.25, 0.3) is 0 Å². The molecule has 0 aromatic carbocycles. The van der Waals surface area contributed by atoms with E-state index in [0.29, 0.717) is 0 Å². The van der Waals surface area contributed by atoms with Crippen molar-refractivity contribution in [1.82, 2.24) is 5.32 Å². The summed E-state index contributed by atoms with van der Waals surface area (Å²) in [5.41, 5.74) is 0.193. The van der Waals surface area contributed by atoms with Crippen molar-refractivity contribution >= 4 is 17.7 Å². The standard InChI is InChI=1S/C10H19NOS/c1-10(2,3)7-11-9(12)8-5-4-6-13-8/h8H,4-7H2,1-3H3,(H,11,12). The fraction of sp³-hybridized carbons (Fsp3) is 0.900. The second kappa shape index (κ2) is 4.36. The quantitative estimate of drug-likeness (QED) is 0.741. The minimum atomic E-state index is 0.193. The summed E-state index contributed by atoms with van der Waals surface area (Å²) < 4.78 is 0. The van der Waals surface area contributed by atoms with E-state index in [4.69, 9.17) is 0 Å². The molecule has 1 amide bonds. The SMILES string of the molecule is CC(C)(C)CNC(=O)C1CCCS1. The summed E-state index contributed by atoms with van der Waals surface area (Å²) in [7, 11) is 0. The van der Waals surface area contributed by atoms with Crippen molar-refractivity contribution in [2.75, 3.05) is 12.3 Å². The van der Waals surface area contributed by atoms with Crippen LogP contribution in [0.2, 0.25) is 0 Å². The van der Waals surface area contributed by atoms with Crippen molar-refractivity contribution in [3.63, 3.8) is 0 Å². The fourth-order valence-electron chi connectivity index (χ4n) is 1.25. The molecule has 76 valence electrons. The van der Waals surface area contributed by atoms with Gasteiger partial charge in [-0.3, -0.25) is 4.79 Å². The molecule has 0 bridgehead atoms. The van der Waals surface area contributed by atoms with Crippen molar-refractivity contribution in [2.24, 2.45) is 5.41 Å². The van der Waals surface area contributed by atoms with Gasteiger partial charge < -0.3 is 5.32 Å². The van der Waals surface area contributed by atoms with E-state index < -0.39 is 0 Å². The van der Waals surface area contributed by atoms with Gasteiger partial charge in [0.15, 0.2) is 0 Å². The van der Waals surface area contributed by atoms with Crippen LogP contribution in [0.25, 0.3) is 0 Å². The molecule has 0 aliphatic carbocycles. The summed E-state index contributed by atoms with van der Waals surface area (Å²) in [5, 5.41) is 3.23. The molecule has 13 heavy (non-hydrogen) atoms. The second-order valence-electron chi connectivity index (χ2n) is 4.78. The molecule has 1 heterocycles. The van der Waals surface area contributed by atoms with Gasteiger partial charge in [-0.25, -0.2) is 0 Å². The van der Waals surface area contributed by atoms with E-state index in [0.717, 1.165) is 18.7 Å². The van der Waals surface area contributed by atoms with Crippen LogP contribution in [0.1, 0.15) is 33.6 Å². The molecule has 1 saturated heterocycles. The van der Waals surface area contributed by atoms with Crippen LogP contribution in [0, 0.1) is 5.41 Å². The van der Waals surface area contributed by atoms with Gasteiger partial charge in [0, 0.05) is 6.54 Å². The first-order valence-electron chi connectivity index (χ1n) is 4.88. The lowest BCUT2D eigenvalue weighted by molar-refractivity contribution is -0.121. The number of amides is 1. The molecule has 1 aliphatic heterocycles. The summed E-state index contributed by atoms with van der Waals surface area (Å²) in [4.78, 5) is 11.6. The molecule has 1 unspecified atom stereocenters. The molecule has 1 atom stereocenters. The highest BCUT2D eigenvalue weighted by Crippen LogP contribution is 2.26. The third-order valence-corrected chi connectivity index (χ3v) is 3.39. The molecule has 0 radical (unpaired) electrons. The van der Waals surface area contributed by atoms with Gasteiger partial charge in [0.05, 0.1) is 5.25 Å². The molecule has 1 fully saturated rings. The lowest BCUT2D eigenvalue weighted by atomic mass is 9.97. The topological polar surface area (TPSA) is 29.1 Å². The molecule has 0 saturated carbocycles. The molecule has 1 rings (SSSR count). The van der Waals surface area contributed by atoms with E-state index in [2.05, 4.69) is 26.1 Å². The van der Waals surface area contributed by atoms with E-state index in [-0.39, 0.29) is 16.6 Å². The first-order chi connectivity index (χ1) is 5.99. The monoisotopic (exact) mass is 201 g/mol. The van der Waals surface area contributed by atoms with Gasteiger partial charge in [-0.1, -0.05) is 20.8 Å². The van der Waals surface area contributed by atoms with Crippen LogP contribution >= 0.6 is 11.8 Å². The summed E-state index contributed by atoms with van der Waals surface area (Å²) in [6.07, 6.45) is 2.25. The number of carbonyl (C=O) groups excluding carboxylic acids is 1. The largest absolute Gasteiger partial charge is 0.355 e. The normalized spacial score (nSPS) is 23.2. The zero-order valence-corrected chi connectivity index (χ0v) is 9.54. The van der Waals surface area contributed by atoms with E-state index in [1.807, 2.05) is 0 Å². The van der Waals surface area contributed by atoms with E-state index in [1.54, 1.807) is 11.8 Å². The highest BCUT2D eigenvalue weighted by atomic mass is 32.2.